The average molecular weight is 290 g/mol. The van der Waals surface area contributed by atoms with Gasteiger partial charge in [-0.3, -0.25) is 14.4 Å². The van der Waals surface area contributed by atoms with E-state index in [1.165, 1.54) is 0 Å². The molecule has 21 heavy (non-hydrogen) atoms. The summed E-state index contributed by atoms with van der Waals surface area (Å²) in [6.45, 7) is 1.12. The summed E-state index contributed by atoms with van der Waals surface area (Å²) >= 11 is 0. The number of benzene rings is 1. The van der Waals surface area contributed by atoms with Crippen LogP contribution in [0, 0.1) is 6.92 Å². The SMILES string of the molecule is Cc1ccc2oc(C(=O)NCC(=O)NCC(=O)O)cc2c1. The molecule has 1 heterocycles. The number of aliphatic carboxylic acids is 1. The number of carbonyl (C=O) groups excluding carboxylic acids is 2. The molecule has 0 aliphatic heterocycles. The normalized spacial score (nSPS) is 10.3. The van der Waals surface area contributed by atoms with Gasteiger partial charge in [0.25, 0.3) is 5.91 Å². The van der Waals surface area contributed by atoms with Gasteiger partial charge < -0.3 is 20.2 Å². The third-order valence-electron chi connectivity index (χ3n) is 2.74. The van der Waals surface area contributed by atoms with E-state index in [9.17, 15) is 14.4 Å². The number of nitrogens with one attached hydrogen (secondary N) is 2. The second-order valence-corrected chi connectivity index (χ2v) is 4.51. The van der Waals surface area contributed by atoms with E-state index in [2.05, 4.69) is 10.6 Å². The lowest BCUT2D eigenvalue weighted by molar-refractivity contribution is -0.137. The maximum Gasteiger partial charge on any atom is 0.322 e. The van der Waals surface area contributed by atoms with Crippen LogP contribution in [-0.4, -0.2) is 36.0 Å². The summed E-state index contributed by atoms with van der Waals surface area (Å²) in [5.41, 5.74) is 1.63. The summed E-state index contributed by atoms with van der Waals surface area (Å²) in [6, 6.07) is 7.11. The molecule has 2 amide bonds. The van der Waals surface area contributed by atoms with Crippen molar-refractivity contribution in [1.82, 2.24) is 10.6 Å². The van der Waals surface area contributed by atoms with Crippen LogP contribution in [0.1, 0.15) is 16.1 Å². The number of rotatable bonds is 5. The Morgan fingerprint density at radius 2 is 1.90 bits per heavy atom. The van der Waals surface area contributed by atoms with Crippen molar-refractivity contribution in [3.63, 3.8) is 0 Å². The van der Waals surface area contributed by atoms with E-state index >= 15 is 0 Å². The van der Waals surface area contributed by atoms with Gasteiger partial charge in [-0.15, -0.1) is 0 Å². The van der Waals surface area contributed by atoms with Crippen LogP contribution in [0.3, 0.4) is 0 Å². The fourth-order valence-electron chi connectivity index (χ4n) is 1.76. The summed E-state index contributed by atoms with van der Waals surface area (Å²) in [7, 11) is 0. The lowest BCUT2D eigenvalue weighted by Crippen LogP contribution is -2.38. The highest BCUT2D eigenvalue weighted by atomic mass is 16.4. The standard InChI is InChI=1S/C14H14N2O5/c1-8-2-3-10-9(4-8)5-11(21-10)14(20)16-6-12(17)15-7-13(18)19/h2-5H,6-7H2,1H3,(H,15,17)(H,16,20)(H,18,19). The predicted molar refractivity (Wildman–Crippen MR) is 73.9 cm³/mol. The minimum absolute atomic E-state index is 0.0987. The van der Waals surface area contributed by atoms with Crippen molar-refractivity contribution in [3.8, 4) is 0 Å². The van der Waals surface area contributed by atoms with Gasteiger partial charge >= 0.3 is 5.97 Å². The van der Waals surface area contributed by atoms with E-state index in [-0.39, 0.29) is 12.3 Å². The molecule has 0 fully saturated rings. The number of aryl methyl sites for hydroxylation is 1. The predicted octanol–water partition coefficient (Wildman–Crippen LogP) is 0.672. The zero-order valence-electron chi connectivity index (χ0n) is 11.3. The molecule has 7 nitrogen and oxygen atoms in total. The quantitative estimate of drug-likeness (QED) is 0.750. The van der Waals surface area contributed by atoms with Crippen molar-refractivity contribution >= 4 is 28.8 Å². The first kappa shape index (κ1) is 14.6. The van der Waals surface area contributed by atoms with Crippen molar-refractivity contribution in [2.45, 2.75) is 6.92 Å². The Labute approximate surface area is 119 Å². The van der Waals surface area contributed by atoms with Crippen LogP contribution in [0.4, 0.5) is 0 Å². The van der Waals surface area contributed by atoms with E-state index < -0.39 is 24.3 Å². The molecule has 1 aromatic heterocycles. The first-order valence-corrected chi connectivity index (χ1v) is 6.22. The maximum atomic E-state index is 11.8. The van der Waals surface area contributed by atoms with Gasteiger partial charge in [0.2, 0.25) is 5.91 Å². The monoisotopic (exact) mass is 290 g/mol. The molecule has 0 saturated carbocycles. The summed E-state index contributed by atoms with van der Waals surface area (Å²) in [5, 5.41) is 13.7. The molecular formula is C14H14N2O5. The third kappa shape index (κ3) is 3.82. The molecule has 0 atom stereocenters. The van der Waals surface area contributed by atoms with Crippen LogP contribution in [0.2, 0.25) is 0 Å². The lowest BCUT2D eigenvalue weighted by Gasteiger charge is -2.03. The molecule has 0 aliphatic rings. The number of carbonyl (C=O) groups is 3. The number of furan rings is 1. The Balaban J connectivity index is 1.96. The number of fused-ring (bicyclic) bond motifs is 1. The van der Waals surface area contributed by atoms with Gasteiger partial charge in [0.1, 0.15) is 12.1 Å². The van der Waals surface area contributed by atoms with E-state index in [1.54, 1.807) is 12.1 Å². The fourth-order valence-corrected chi connectivity index (χ4v) is 1.76. The second kappa shape index (κ2) is 6.08. The van der Waals surface area contributed by atoms with E-state index in [0.29, 0.717) is 5.58 Å². The molecule has 110 valence electrons. The van der Waals surface area contributed by atoms with Crippen LogP contribution in [0.15, 0.2) is 28.7 Å². The lowest BCUT2D eigenvalue weighted by atomic mass is 10.2. The number of amides is 2. The van der Waals surface area contributed by atoms with Crippen molar-refractivity contribution in [2.24, 2.45) is 0 Å². The first-order valence-electron chi connectivity index (χ1n) is 6.22. The smallest absolute Gasteiger partial charge is 0.322 e. The molecule has 3 N–H and O–H groups in total. The molecule has 2 aromatic rings. The van der Waals surface area contributed by atoms with E-state index in [1.807, 2.05) is 19.1 Å². The summed E-state index contributed by atoms with van der Waals surface area (Å²) in [6.07, 6.45) is 0. The number of hydrogen-bond donors (Lipinski definition) is 3. The molecule has 0 unspecified atom stereocenters. The number of hydrogen-bond acceptors (Lipinski definition) is 4. The van der Waals surface area contributed by atoms with Crippen molar-refractivity contribution in [3.05, 3.63) is 35.6 Å². The van der Waals surface area contributed by atoms with Crippen LogP contribution in [0.25, 0.3) is 11.0 Å². The van der Waals surface area contributed by atoms with Crippen LogP contribution in [-0.2, 0) is 9.59 Å². The second-order valence-electron chi connectivity index (χ2n) is 4.51. The van der Waals surface area contributed by atoms with Gasteiger partial charge in [-0.2, -0.15) is 0 Å². The Morgan fingerprint density at radius 3 is 2.62 bits per heavy atom. The third-order valence-corrected chi connectivity index (χ3v) is 2.74. The van der Waals surface area contributed by atoms with Gasteiger partial charge in [-0.25, -0.2) is 0 Å². The molecule has 2 rings (SSSR count). The van der Waals surface area contributed by atoms with Crippen molar-refractivity contribution < 1.29 is 23.9 Å². The average Bonchev–Trinajstić information content (AvgIpc) is 2.85. The molecule has 0 spiro atoms. The summed E-state index contributed by atoms with van der Waals surface area (Å²) < 4.78 is 5.38. The molecule has 7 heteroatoms. The molecule has 0 radical (unpaired) electrons. The fraction of sp³-hybridized carbons (Fsp3) is 0.214. The van der Waals surface area contributed by atoms with Crippen molar-refractivity contribution in [2.75, 3.05) is 13.1 Å². The van der Waals surface area contributed by atoms with Gasteiger partial charge in [0, 0.05) is 5.39 Å². The first-order chi connectivity index (χ1) is 9.95. The number of carboxylic acids is 1. The van der Waals surface area contributed by atoms with Gasteiger partial charge in [-0.05, 0) is 25.1 Å². The molecule has 1 aromatic carbocycles. The molecule has 0 aliphatic carbocycles. The van der Waals surface area contributed by atoms with E-state index in [4.69, 9.17) is 9.52 Å². The Hall–Kier alpha value is -2.83. The topological polar surface area (TPSA) is 109 Å². The number of carboxylic acid groups (broad SMARTS) is 1. The van der Waals surface area contributed by atoms with Gasteiger partial charge in [0.05, 0.1) is 6.54 Å². The van der Waals surface area contributed by atoms with Crippen LogP contribution < -0.4 is 10.6 Å². The Bertz CT molecular complexity index is 704. The summed E-state index contributed by atoms with van der Waals surface area (Å²) in [4.78, 5) is 33.4. The minimum Gasteiger partial charge on any atom is -0.480 e. The molecule has 0 bridgehead atoms. The molecular weight excluding hydrogens is 276 g/mol. The maximum absolute atomic E-state index is 11.8. The Kier molecular flexibility index (Phi) is 4.22. The molecule has 0 saturated heterocycles. The van der Waals surface area contributed by atoms with Gasteiger partial charge in [0.15, 0.2) is 5.76 Å². The zero-order valence-corrected chi connectivity index (χ0v) is 11.3. The zero-order chi connectivity index (χ0) is 15.4. The van der Waals surface area contributed by atoms with Crippen LogP contribution in [0.5, 0.6) is 0 Å². The highest BCUT2D eigenvalue weighted by molar-refractivity contribution is 5.98. The van der Waals surface area contributed by atoms with Gasteiger partial charge in [-0.1, -0.05) is 11.6 Å². The summed E-state index contributed by atoms with van der Waals surface area (Å²) in [5.74, 6) is -2.17. The largest absolute Gasteiger partial charge is 0.480 e. The highest BCUT2D eigenvalue weighted by Crippen LogP contribution is 2.20. The minimum atomic E-state index is -1.15. The van der Waals surface area contributed by atoms with Crippen LogP contribution >= 0.6 is 0 Å². The highest BCUT2D eigenvalue weighted by Gasteiger charge is 2.13. The van der Waals surface area contributed by atoms with Crippen molar-refractivity contribution in [1.29, 1.82) is 0 Å². The Morgan fingerprint density at radius 1 is 1.14 bits per heavy atom. The van der Waals surface area contributed by atoms with E-state index in [0.717, 1.165) is 10.9 Å².